The summed E-state index contributed by atoms with van der Waals surface area (Å²) in [4.78, 5) is 0. The lowest BCUT2D eigenvalue weighted by molar-refractivity contribution is 0.345. The van der Waals surface area contributed by atoms with Crippen molar-refractivity contribution in [1.29, 1.82) is 0 Å². The molecule has 3 heteroatoms. The van der Waals surface area contributed by atoms with Gasteiger partial charge in [0.15, 0.2) is 0 Å². The van der Waals surface area contributed by atoms with E-state index >= 15 is 0 Å². The van der Waals surface area contributed by atoms with Crippen LogP contribution >= 0.6 is 0 Å². The fourth-order valence-corrected chi connectivity index (χ4v) is 5.00. The van der Waals surface area contributed by atoms with Crippen LogP contribution in [0.4, 0.5) is 0 Å². The molecular formula is C15H26OSi2. The summed E-state index contributed by atoms with van der Waals surface area (Å²) >= 11 is 0. The van der Waals surface area contributed by atoms with Gasteiger partial charge in [-0.15, -0.1) is 6.58 Å². The first-order valence-corrected chi connectivity index (χ1v) is 12.7. The molecule has 0 aliphatic carbocycles. The molecule has 0 fully saturated rings. The fourth-order valence-electron chi connectivity index (χ4n) is 2.19. The van der Waals surface area contributed by atoms with Gasteiger partial charge in [0.1, 0.15) is 5.75 Å². The van der Waals surface area contributed by atoms with E-state index in [0.29, 0.717) is 0 Å². The van der Waals surface area contributed by atoms with Crippen molar-refractivity contribution in [3.05, 3.63) is 30.4 Å². The first kappa shape index (κ1) is 15.3. The van der Waals surface area contributed by atoms with Gasteiger partial charge in [-0.3, -0.25) is 0 Å². The van der Waals surface area contributed by atoms with Gasteiger partial charge in [0.2, 0.25) is 0 Å². The second-order valence-electron chi connectivity index (χ2n) is 5.34. The van der Waals surface area contributed by atoms with E-state index in [1.807, 2.05) is 6.08 Å². The summed E-state index contributed by atoms with van der Waals surface area (Å²) in [5.74, 6) is 1.22. The zero-order valence-electron chi connectivity index (χ0n) is 12.4. The van der Waals surface area contributed by atoms with Crippen LogP contribution in [0.2, 0.25) is 26.2 Å². The SMILES string of the molecule is C=CCc1cc([SiH](C)C)c(OCC)c([SiH](C)C)c1. The van der Waals surface area contributed by atoms with Crippen molar-refractivity contribution < 1.29 is 4.74 Å². The second-order valence-corrected chi connectivity index (χ2v) is 11.2. The molecule has 0 aromatic heterocycles. The van der Waals surface area contributed by atoms with Gasteiger partial charge in [-0.2, -0.15) is 0 Å². The number of benzene rings is 1. The molecule has 1 nitrogen and oxygen atoms in total. The molecule has 0 N–H and O–H groups in total. The van der Waals surface area contributed by atoms with E-state index in [-0.39, 0.29) is 0 Å². The minimum atomic E-state index is -0.859. The monoisotopic (exact) mass is 278 g/mol. The van der Waals surface area contributed by atoms with Crippen LogP contribution in [0.5, 0.6) is 5.75 Å². The predicted octanol–water partition coefficient (Wildman–Crippen LogP) is 2.20. The third-order valence-electron chi connectivity index (χ3n) is 3.12. The Balaban J connectivity index is 3.38. The maximum Gasteiger partial charge on any atom is 0.117 e. The van der Waals surface area contributed by atoms with E-state index in [1.165, 1.54) is 21.7 Å². The predicted molar refractivity (Wildman–Crippen MR) is 88.5 cm³/mol. The average Bonchev–Trinajstić information content (AvgIpc) is 2.30. The number of hydrogen-bond donors (Lipinski definition) is 0. The first-order valence-electron chi connectivity index (χ1n) is 6.91. The number of hydrogen-bond acceptors (Lipinski definition) is 1. The summed E-state index contributed by atoms with van der Waals surface area (Å²) in [7, 11) is -1.72. The highest BCUT2D eigenvalue weighted by atomic mass is 28.3. The zero-order chi connectivity index (χ0) is 13.7. The van der Waals surface area contributed by atoms with Gasteiger partial charge in [-0.1, -0.05) is 44.4 Å². The van der Waals surface area contributed by atoms with Crippen LogP contribution < -0.4 is 15.1 Å². The Bertz CT molecular complexity index is 382. The molecule has 1 aromatic carbocycles. The standard InChI is InChI=1S/C15H26OSi2/c1-7-9-12-10-13(17(3)4)15(16-8-2)14(11-12)18(5)6/h7,10-11,17-18H,1,8-9H2,2-6H3. The molecule has 1 aromatic rings. The summed E-state index contributed by atoms with van der Waals surface area (Å²) in [6, 6.07) is 4.70. The lowest BCUT2D eigenvalue weighted by atomic mass is 10.1. The molecule has 0 spiro atoms. The number of allylic oxidation sites excluding steroid dienone is 1. The Kier molecular flexibility index (Phi) is 5.89. The van der Waals surface area contributed by atoms with Crippen LogP contribution in [0, 0.1) is 0 Å². The molecule has 0 aliphatic heterocycles. The highest BCUT2D eigenvalue weighted by molar-refractivity contribution is 6.75. The quantitative estimate of drug-likeness (QED) is 0.573. The summed E-state index contributed by atoms with van der Waals surface area (Å²) in [5, 5.41) is 2.99. The summed E-state index contributed by atoms with van der Waals surface area (Å²) in [5.41, 5.74) is 1.40. The van der Waals surface area contributed by atoms with Gasteiger partial charge in [-0.25, -0.2) is 0 Å². The Morgan fingerprint density at radius 3 is 1.94 bits per heavy atom. The zero-order valence-corrected chi connectivity index (χ0v) is 14.7. The maximum atomic E-state index is 5.97. The Morgan fingerprint density at radius 1 is 1.11 bits per heavy atom. The molecule has 0 atom stereocenters. The molecule has 0 heterocycles. The molecule has 0 saturated carbocycles. The van der Waals surface area contributed by atoms with E-state index in [2.05, 4.69) is 51.8 Å². The van der Waals surface area contributed by atoms with Crippen molar-refractivity contribution in [2.24, 2.45) is 0 Å². The Labute approximate surface area is 115 Å². The van der Waals surface area contributed by atoms with Gasteiger partial charge in [0.05, 0.1) is 24.2 Å². The van der Waals surface area contributed by atoms with Crippen LogP contribution in [0.15, 0.2) is 24.8 Å². The summed E-state index contributed by atoms with van der Waals surface area (Å²) < 4.78 is 5.97. The van der Waals surface area contributed by atoms with Gasteiger partial charge >= 0.3 is 0 Å². The van der Waals surface area contributed by atoms with Crippen molar-refractivity contribution >= 4 is 28.0 Å². The van der Waals surface area contributed by atoms with E-state index in [1.54, 1.807) is 0 Å². The lowest BCUT2D eigenvalue weighted by Gasteiger charge is -2.20. The Hall–Kier alpha value is -0.806. The molecule has 18 heavy (non-hydrogen) atoms. The van der Waals surface area contributed by atoms with Crippen LogP contribution in [0.1, 0.15) is 12.5 Å². The van der Waals surface area contributed by atoms with Gasteiger partial charge in [-0.05, 0) is 29.3 Å². The largest absolute Gasteiger partial charge is 0.494 e. The van der Waals surface area contributed by atoms with Crippen molar-refractivity contribution in [2.45, 2.75) is 39.5 Å². The average molecular weight is 279 g/mol. The Morgan fingerprint density at radius 2 is 1.61 bits per heavy atom. The van der Waals surface area contributed by atoms with Crippen molar-refractivity contribution in [3.8, 4) is 5.75 Å². The van der Waals surface area contributed by atoms with Crippen molar-refractivity contribution in [2.75, 3.05) is 6.61 Å². The fraction of sp³-hybridized carbons (Fsp3) is 0.467. The number of ether oxygens (including phenoxy) is 1. The van der Waals surface area contributed by atoms with Crippen molar-refractivity contribution in [1.82, 2.24) is 0 Å². The lowest BCUT2D eigenvalue weighted by Crippen LogP contribution is -2.36. The second kappa shape index (κ2) is 6.95. The normalized spacial score (nSPS) is 11.1. The third kappa shape index (κ3) is 3.59. The molecule has 0 radical (unpaired) electrons. The van der Waals surface area contributed by atoms with E-state index in [0.717, 1.165) is 13.0 Å². The molecule has 0 aliphatic rings. The van der Waals surface area contributed by atoms with Gasteiger partial charge in [0, 0.05) is 0 Å². The third-order valence-corrected chi connectivity index (χ3v) is 6.46. The summed E-state index contributed by atoms with van der Waals surface area (Å²) in [6.07, 6.45) is 2.96. The van der Waals surface area contributed by atoms with E-state index < -0.39 is 17.6 Å². The molecule has 100 valence electrons. The van der Waals surface area contributed by atoms with Gasteiger partial charge < -0.3 is 4.74 Å². The van der Waals surface area contributed by atoms with Crippen LogP contribution in [0.25, 0.3) is 0 Å². The summed E-state index contributed by atoms with van der Waals surface area (Å²) in [6.45, 7) is 16.2. The molecule has 0 bridgehead atoms. The minimum absolute atomic E-state index is 0.767. The topological polar surface area (TPSA) is 9.23 Å². The van der Waals surface area contributed by atoms with Crippen molar-refractivity contribution in [3.63, 3.8) is 0 Å². The van der Waals surface area contributed by atoms with E-state index in [9.17, 15) is 0 Å². The molecule has 0 unspecified atom stereocenters. The molecule has 0 saturated heterocycles. The van der Waals surface area contributed by atoms with Crippen LogP contribution in [0.3, 0.4) is 0 Å². The minimum Gasteiger partial charge on any atom is -0.494 e. The number of rotatable bonds is 6. The smallest absolute Gasteiger partial charge is 0.117 e. The molecule has 1 rings (SSSR count). The highest BCUT2D eigenvalue weighted by Gasteiger charge is 2.17. The van der Waals surface area contributed by atoms with Gasteiger partial charge in [0.25, 0.3) is 0 Å². The van der Waals surface area contributed by atoms with Crippen LogP contribution in [-0.4, -0.2) is 24.2 Å². The van der Waals surface area contributed by atoms with E-state index in [4.69, 9.17) is 4.74 Å². The highest BCUT2D eigenvalue weighted by Crippen LogP contribution is 2.12. The van der Waals surface area contributed by atoms with Crippen LogP contribution in [-0.2, 0) is 6.42 Å². The molecule has 0 amide bonds. The molecular weight excluding hydrogens is 252 g/mol. The maximum absolute atomic E-state index is 5.97. The first-order chi connectivity index (χ1) is 8.51.